The Bertz CT molecular complexity index is 1580. The van der Waals surface area contributed by atoms with Gasteiger partial charge in [-0.2, -0.15) is 0 Å². The highest BCUT2D eigenvalue weighted by Gasteiger charge is 2.36. The van der Waals surface area contributed by atoms with Crippen LogP contribution in [0, 0.1) is 0 Å². The molecular formula is C27H18Cl3N3O3S. The van der Waals surface area contributed by atoms with Crippen LogP contribution in [-0.2, 0) is 16.1 Å². The zero-order valence-electron chi connectivity index (χ0n) is 19.1. The number of aromatic nitrogens is 1. The Morgan fingerprint density at radius 2 is 1.68 bits per heavy atom. The summed E-state index contributed by atoms with van der Waals surface area (Å²) in [4.78, 5) is 39.3. The highest BCUT2D eigenvalue weighted by Crippen LogP contribution is 2.34. The number of halogens is 3. The number of carbonyl (C=O) groups is 3. The lowest BCUT2D eigenvalue weighted by Gasteiger charge is -2.12. The van der Waals surface area contributed by atoms with Gasteiger partial charge in [0.1, 0.15) is 6.54 Å². The number of carbonyl (C=O) groups excluding carboxylic acids is 3. The predicted octanol–water partition coefficient (Wildman–Crippen LogP) is 7.32. The minimum atomic E-state index is -0.515. The van der Waals surface area contributed by atoms with Crippen molar-refractivity contribution in [1.82, 2.24) is 9.47 Å². The van der Waals surface area contributed by atoms with Crippen molar-refractivity contribution in [3.8, 4) is 0 Å². The summed E-state index contributed by atoms with van der Waals surface area (Å²) in [6.07, 6.45) is 3.60. The molecule has 0 spiro atoms. The van der Waals surface area contributed by atoms with E-state index in [-0.39, 0.29) is 11.4 Å². The fourth-order valence-electron chi connectivity index (χ4n) is 4.01. The van der Waals surface area contributed by atoms with Gasteiger partial charge in [-0.1, -0.05) is 59.1 Å². The lowest BCUT2D eigenvalue weighted by molar-refractivity contribution is -0.127. The van der Waals surface area contributed by atoms with Gasteiger partial charge in [0, 0.05) is 50.0 Å². The first-order valence-electron chi connectivity index (χ1n) is 11.1. The molecule has 4 aromatic rings. The fourth-order valence-corrected chi connectivity index (χ4v) is 5.43. The number of fused-ring (bicyclic) bond motifs is 1. The zero-order valence-corrected chi connectivity index (χ0v) is 22.2. The van der Waals surface area contributed by atoms with E-state index in [0.29, 0.717) is 27.3 Å². The third-order valence-electron chi connectivity index (χ3n) is 5.77. The molecule has 0 saturated carbocycles. The molecule has 1 N–H and O–H groups in total. The lowest BCUT2D eigenvalue weighted by atomic mass is 10.1. The van der Waals surface area contributed by atoms with E-state index in [0.717, 1.165) is 38.7 Å². The van der Waals surface area contributed by atoms with Crippen LogP contribution >= 0.6 is 46.6 Å². The molecule has 3 amide bonds. The Balaban J connectivity index is 1.38. The molecule has 0 unspecified atom stereocenters. The van der Waals surface area contributed by atoms with Crippen LogP contribution in [0.1, 0.15) is 11.1 Å². The Hall–Kier alpha value is -3.23. The minimum absolute atomic E-state index is 0.247. The van der Waals surface area contributed by atoms with Gasteiger partial charge in [0.05, 0.1) is 4.91 Å². The van der Waals surface area contributed by atoms with E-state index in [9.17, 15) is 14.4 Å². The summed E-state index contributed by atoms with van der Waals surface area (Å²) in [5.41, 5.74) is 3.13. The molecule has 1 fully saturated rings. The second-order valence-electron chi connectivity index (χ2n) is 8.29. The first-order chi connectivity index (χ1) is 17.8. The Kier molecular flexibility index (Phi) is 7.31. The van der Waals surface area contributed by atoms with Crippen molar-refractivity contribution in [2.24, 2.45) is 0 Å². The van der Waals surface area contributed by atoms with Crippen LogP contribution in [0.3, 0.4) is 0 Å². The number of anilines is 1. The number of rotatable bonds is 6. The van der Waals surface area contributed by atoms with Crippen LogP contribution < -0.4 is 5.32 Å². The van der Waals surface area contributed by atoms with E-state index in [4.69, 9.17) is 34.8 Å². The Labute approximate surface area is 231 Å². The number of nitrogens with one attached hydrogen (secondary N) is 1. The molecular weight excluding hydrogens is 553 g/mol. The minimum Gasteiger partial charge on any atom is -0.342 e. The summed E-state index contributed by atoms with van der Waals surface area (Å²) in [7, 11) is 0. The molecule has 10 heteroatoms. The van der Waals surface area contributed by atoms with Gasteiger partial charge >= 0.3 is 0 Å². The summed E-state index contributed by atoms with van der Waals surface area (Å²) in [5, 5.41) is 4.73. The number of imide groups is 1. The van der Waals surface area contributed by atoms with Crippen LogP contribution in [0.5, 0.6) is 0 Å². The summed E-state index contributed by atoms with van der Waals surface area (Å²) < 4.78 is 2.03. The molecule has 0 aliphatic carbocycles. The third-order valence-corrected chi connectivity index (χ3v) is 7.51. The van der Waals surface area contributed by atoms with Gasteiger partial charge in [-0.05, 0) is 65.9 Å². The van der Waals surface area contributed by atoms with Crippen LogP contribution in [-0.4, -0.2) is 33.1 Å². The molecule has 6 nitrogen and oxygen atoms in total. The van der Waals surface area contributed by atoms with Crippen LogP contribution in [0.2, 0.25) is 15.1 Å². The zero-order chi connectivity index (χ0) is 26.1. The number of nitrogens with zero attached hydrogens (tertiary/aromatic N) is 2. The highest BCUT2D eigenvalue weighted by molar-refractivity contribution is 8.18. The predicted molar refractivity (Wildman–Crippen MR) is 150 cm³/mol. The van der Waals surface area contributed by atoms with E-state index < -0.39 is 17.1 Å². The number of benzene rings is 3. The lowest BCUT2D eigenvalue weighted by Crippen LogP contribution is -2.36. The highest BCUT2D eigenvalue weighted by atomic mass is 35.5. The number of hydrogen-bond donors (Lipinski definition) is 1. The maximum atomic E-state index is 13.0. The SMILES string of the molecule is O=C(CN1C(=O)S/C(=C/c2cn(Cc3ccc(Cl)cc3Cl)c3ccccc23)C1=O)Nc1ccc(Cl)cc1. The van der Waals surface area contributed by atoms with E-state index in [1.807, 2.05) is 41.1 Å². The molecule has 1 aromatic heterocycles. The molecule has 1 saturated heterocycles. The third kappa shape index (κ3) is 5.55. The topological polar surface area (TPSA) is 71.4 Å². The van der Waals surface area contributed by atoms with Gasteiger partial charge in [0.15, 0.2) is 0 Å². The molecule has 0 radical (unpaired) electrons. The van der Waals surface area contributed by atoms with E-state index >= 15 is 0 Å². The molecule has 0 bridgehead atoms. The van der Waals surface area contributed by atoms with Crippen LogP contribution in [0.25, 0.3) is 17.0 Å². The molecule has 186 valence electrons. The van der Waals surface area contributed by atoms with Crippen molar-refractivity contribution in [1.29, 1.82) is 0 Å². The van der Waals surface area contributed by atoms with Crippen LogP contribution in [0.4, 0.5) is 10.5 Å². The average molecular weight is 571 g/mol. The van der Waals surface area contributed by atoms with Gasteiger partial charge in [0.2, 0.25) is 5.91 Å². The molecule has 1 aliphatic rings. The van der Waals surface area contributed by atoms with Crippen molar-refractivity contribution in [2.45, 2.75) is 6.54 Å². The number of hydrogen-bond acceptors (Lipinski definition) is 4. The van der Waals surface area contributed by atoms with Crippen molar-refractivity contribution >= 4 is 86.3 Å². The molecule has 0 atom stereocenters. The normalized spacial score (nSPS) is 14.7. The molecule has 3 aromatic carbocycles. The summed E-state index contributed by atoms with van der Waals surface area (Å²) >= 11 is 19.1. The van der Waals surface area contributed by atoms with Gasteiger partial charge in [-0.15, -0.1) is 0 Å². The molecule has 1 aliphatic heterocycles. The molecule has 37 heavy (non-hydrogen) atoms. The van der Waals surface area contributed by atoms with E-state index in [1.165, 1.54) is 0 Å². The van der Waals surface area contributed by atoms with Crippen molar-refractivity contribution < 1.29 is 14.4 Å². The number of amides is 3. The summed E-state index contributed by atoms with van der Waals surface area (Å²) in [6, 6.07) is 19.7. The monoisotopic (exact) mass is 569 g/mol. The van der Waals surface area contributed by atoms with Gasteiger partial charge < -0.3 is 9.88 Å². The molecule has 2 heterocycles. The van der Waals surface area contributed by atoms with Gasteiger partial charge in [-0.25, -0.2) is 0 Å². The fraction of sp³-hybridized carbons (Fsp3) is 0.0741. The molecule has 5 rings (SSSR count). The van der Waals surface area contributed by atoms with Gasteiger partial charge in [0.25, 0.3) is 11.1 Å². The standard InChI is InChI=1S/C27H18Cl3N3O3S/c28-18-7-9-20(10-8-18)31-25(34)15-33-26(35)24(37-27(33)36)11-17-14-32(23-4-2-1-3-21(17)23)13-16-5-6-19(29)12-22(16)30/h1-12,14H,13,15H2,(H,31,34)/b24-11+. The Morgan fingerprint density at radius 1 is 0.946 bits per heavy atom. The maximum absolute atomic E-state index is 13.0. The van der Waals surface area contributed by atoms with Crippen molar-refractivity contribution in [3.05, 3.63) is 104 Å². The second kappa shape index (κ2) is 10.6. The second-order valence-corrected chi connectivity index (χ2v) is 10.6. The van der Waals surface area contributed by atoms with E-state index in [2.05, 4.69) is 5.32 Å². The number of para-hydroxylation sites is 1. The maximum Gasteiger partial charge on any atom is 0.294 e. The largest absolute Gasteiger partial charge is 0.342 e. The first-order valence-corrected chi connectivity index (χ1v) is 13.1. The Morgan fingerprint density at radius 3 is 2.43 bits per heavy atom. The van der Waals surface area contributed by atoms with Crippen LogP contribution in [0.15, 0.2) is 77.8 Å². The summed E-state index contributed by atoms with van der Waals surface area (Å²) in [6.45, 7) is 0.109. The van der Waals surface area contributed by atoms with Crippen molar-refractivity contribution in [3.63, 3.8) is 0 Å². The first kappa shape index (κ1) is 25.4. The number of thioether (sulfide) groups is 1. The quantitative estimate of drug-likeness (QED) is 0.247. The van der Waals surface area contributed by atoms with Gasteiger partial charge in [-0.3, -0.25) is 19.3 Å². The average Bonchev–Trinajstić information content (AvgIpc) is 3.34. The van der Waals surface area contributed by atoms with Crippen molar-refractivity contribution in [2.75, 3.05) is 11.9 Å². The summed E-state index contributed by atoms with van der Waals surface area (Å²) in [5.74, 6) is -0.999. The smallest absolute Gasteiger partial charge is 0.294 e. The van der Waals surface area contributed by atoms with E-state index in [1.54, 1.807) is 42.5 Å².